The number of furan rings is 1. The molecule has 3 fully saturated rings. The minimum atomic E-state index is -3.90. The van der Waals surface area contributed by atoms with Gasteiger partial charge >= 0.3 is 5.97 Å². The number of ketones is 1. The van der Waals surface area contributed by atoms with E-state index in [-0.39, 0.29) is 61.4 Å². The summed E-state index contributed by atoms with van der Waals surface area (Å²) in [6.07, 6.45) is 1.72. The van der Waals surface area contributed by atoms with E-state index in [1.807, 2.05) is 83.1 Å². The SMILES string of the molecule is C=C[C@@H]1C[C@]1(CC(=O)[C@@H]1C[C@@H](Oc2nc(-c3ccc(OC(C)C)cc3)nc3c2oc2ccccc23)CN1C(=O)[C@@H](Cc1nc(C(=O)O)cs1)C(C)(C)C)C(=O)NS(=O)(=O)C1CC1. The number of carbonyl (C=O) groups excluding carboxylic acids is 3. The lowest BCUT2D eigenvalue weighted by molar-refractivity contribution is -0.144. The molecule has 2 saturated carbocycles. The van der Waals surface area contributed by atoms with Crippen molar-refractivity contribution in [1.82, 2.24) is 24.6 Å². The summed E-state index contributed by atoms with van der Waals surface area (Å²) in [5.41, 5.74) is -0.0933. The number of rotatable bonds is 16. The molecule has 0 unspecified atom stereocenters. The van der Waals surface area contributed by atoms with E-state index in [2.05, 4.69) is 16.3 Å². The monoisotopic (exact) mass is 883 g/mol. The molecule has 3 aromatic heterocycles. The van der Waals surface area contributed by atoms with E-state index in [1.165, 1.54) is 10.3 Å². The van der Waals surface area contributed by atoms with Gasteiger partial charge in [0.2, 0.25) is 27.4 Å². The summed E-state index contributed by atoms with van der Waals surface area (Å²) in [7, 11) is -3.90. The number of carbonyl (C=O) groups is 4. The normalized spacial score (nSPS) is 21.8. The lowest BCUT2D eigenvalue weighted by Crippen LogP contribution is -2.48. The number of nitrogens with zero attached hydrogens (tertiary/aromatic N) is 4. The van der Waals surface area contributed by atoms with Crippen molar-refractivity contribution in [1.29, 1.82) is 0 Å². The first-order chi connectivity index (χ1) is 29.4. The summed E-state index contributed by atoms with van der Waals surface area (Å²) >= 11 is 1.14. The van der Waals surface area contributed by atoms with E-state index in [0.717, 1.165) is 16.7 Å². The number of Topliss-reactive ketones (excluding diaryl/α,β-unsaturated/α-hetero) is 1. The summed E-state index contributed by atoms with van der Waals surface area (Å²) in [5, 5.41) is 11.5. The maximum Gasteiger partial charge on any atom is 0.355 e. The Balaban J connectivity index is 1.14. The van der Waals surface area contributed by atoms with Crippen molar-refractivity contribution in [3.8, 4) is 23.0 Å². The lowest BCUT2D eigenvalue weighted by atomic mass is 9.77. The number of fused-ring (bicyclic) bond motifs is 3. The van der Waals surface area contributed by atoms with Crippen LogP contribution < -0.4 is 14.2 Å². The number of amides is 2. The number of aromatic carboxylic acids is 1. The summed E-state index contributed by atoms with van der Waals surface area (Å²) in [4.78, 5) is 70.6. The largest absolute Gasteiger partial charge is 0.491 e. The van der Waals surface area contributed by atoms with Gasteiger partial charge in [0.15, 0.2) is 17.3 Å². The molecule has 2 N–H and O–H groups in total. The molecular weight excluding hydrogens is 835 g/mol. The predicted octanol–water partition coefficient (Wildman–Crippen LogP) is 7.00. The molecule has 1 saturated heterocycles. The second kappa shape index (κ2) is 16.2. The zero-order chi connectivity index (χ0) is 44.3. The number of hydrogen-bond donors (Lipinski definition) is 2. The van der Waals surface area contributed by atoms with Crippen LogP contribution in [0.5, 0.6) is 11.6 Å². The highest BCUT2D eigenvalue weighted by molar-refractivity contribution is 7.90. The molecule has 2 aromatic carbocycles. The van der Waals surface area contributed by atoms with E-state index >= 15 is 0 Å². The van der Waals surface area contributed by atoms with E-state index in [4.69, 9.17) is 23.9 Å². The van der Waals surface area contributed by atoms with E-state index in [1.54, 1.807) is 6.08 Å². The van der Waals surface area contributed by atoms with Crippen molar-refractivity contribution in [3.63, 3.8) is 0 Å². The van der Waals surface area contributed by atoms with Gasteiger partial charge in [0.25, 0.3) is 5.88 Å². The van der Waals surface area contributed by atoms with Crippen molar-refractivity contribution in [2.45, 2.75) is 96.6 Å². The van der Waals surface area contributed by atoms with Crippen LogP contribution in [0.4, 0.5) is 0 Å². The highest BCUT2D eigenvalue weighted by Crippen LogP contribution is 2.57. The molecule has 5 aromatic rings. The van der Waals surface area contributed by atoms with Crippen LogP contribution in [0.15, 0.2) is 71.0 Å². The first kappa shape index (κ1) is 43.0. The Kier molecular flexibility index (Phi) is 11.2. The van der Waals surface area contributed by atoms with Gasteiger partial charge < -0.3 is 23.9 Å². The Morgan fingerprint density at radius 2 is 1.81 bits per heavy atom. The number of thiazole rings is 1. The fourth-order valence-corrected chi connectivity index (χ4v) is 10.5. The molecule has 8 rings (SSSR count). The highest BCUT2D eigenvalue weighted by Gasteiger charge is 2.61. The van der Waals surface area contributed by atoms with Crippen molar-refractivity contribution in [3.05, 3.63) is 77.3 Å². The third-order valence-electron chi connectivity index (χ3n) is 11.9. The van der Waals surface area contributed by atoms with Gasteiger partial charge in [-0.05, 0) is 80.8 Å². The number of sulfonamides is 1. The number of allylic oxidation sites excluding steroid dienone is 1. The van der Waals surface area contributed by atoms with Crippen molar-refractivity contribution in [2.75, 3.05) is 6.54 Å². The number of likely N-dealkylation sites (tertiary alicyclic amines) is 1. The van der Waals surface area contributed by atoms with Crippen molar-refractivity contribution >= 4 is 67.0 Å². The van der Waals surface area contributed by atoms with Gasteiger partial charge in [-0.3, -0.25) is 19.1 Å². The van der Waals surface area contributed by atoms with Gasteiger partial charge in [0, 0.05) is 41.5 Å². The van der Waals surface area contributed by atoms with Crippen LogP contribution >= 0.6 is 11.3 Å². The third-order valence-corrected chi connectivity index (χ3v) is 14.6. The first-order valence-electron chi connectivity index (χ1n) is 20.7. The Morgan fingerprint density at radius 1 is 1.08 bits per heavy atom. The fourth-order valence-electron chi connectivity index (χ4n) is 8.27. The molecule has 5 atom stereocenters. The number of hydrogen-bond acceptors (Lipinski definition) is 13. The quantitative estimate of drug-likeness (QED) is 0.0959. The lowest BCUT2D eigenvalue weighted by Gasteiger charge is -2.35. The second-order valence-electron chi connectivity index (χ2n) is 17.9. The number of carboxylic acids is 1. The van der Waals surface area contributed by atoms with E-state index in [9.17, 15) is 32.7 Å². The second-order valence-corrected chi connectivity index (χ2v) is 20.8. The molecule has 0 radical (unpaired) electrons. The van der Waals surface area contributed by atoms with Gasteiger partial charge in [-0.2, -0.15) is 4.98 Å². The number of nitrogens with one attached hydrogen (secondary N) is 1. The molecule has 0 spiro atoms. The topological polar surface area (TPSA) is 208 Å². The molecule has 62 heavy (non-hydrogen) atoms. The van der Waals surface area contributed by atoms with Gasteiger partial charge in [-0.1, -0.05) is 39.0 Å². The maximum absolute atomic E-state index is 15.0. The van der Waals surface area contributed by atoms with Crippen molar-refractivity contribution in [2.24, 2.45) is 22.7 Å². The highest BCUT2D eigenvalue weighted by atomic mass is 32.2. The van der Waals surface area contributed by atoms with Gasteiger partial charge in [-0.15, -0.1) is 17.9 Å². The molecule has 15 nitrogen and oxygen atoms in total. The average molecular weight is 884 g/mol. The van der Waals surface area contributed by atoms with Gasteiger partial charge in [-0.25, -0.2) is 23.2 Å². The predicted molar refractivity (Wildman–Crippen MR) is 231 cm³/mol. The molecule has 326 valence electrons. The molecule has 4 heterocycles. The zero-order valence-electron chi connectivity index (χ0n) is 35.1. The Morgan fingerprint density at radius 3 is 2.44 bits per heavy atom. The summed E-state index contributed by atoms with van der Waals surface area (Å²) in [6, 6.07) is 13.7. The van der Waals surface area contributed by atoms with Crippen LogP contribution in [-0.2, 0) is 30.8 Å². The first-order valence-corrected chi connectivity index (χ1v) is 23.1. The zero-order valence-corrected chi connectivity index (χ0v) is 36.8. The summed E-state index contributed by atoms with van der Waals surface area (Å²) in [6.45, 7) is 13.4. The number of ether oxygens (including phenoxy) is 2. The molecule has 2 amide bonds. The van der Waals surface area contributed by atoms with Crippen molar-refractivity contribution < 1.29 is 46.6 Å². The minimum absolute atomic E-state index is 0.0195. The number of aromatic nitrogens is 3. The van der Waals surface area contributed by atoms with Gasteiger partial charge in [0.1, 0.15) is 23.0 Å². The van der Waals surface area contributed by atoms with Gasteiger partial charge in [0.05, 0.1) is 34.4 Å². The van der Waals surface area contributed by atoms with E-state index < -0.39 is 67.7 Å². The third kappa shape index (κ3) is 8.56. The average Bonchev–Trinajstić information content (AvgIpc) is 4.05. The standard InChI is InChI=1S/C45H49N5O10S2/c1-7-26-20-45(26,43(55)49-62(56,57)29-16-17-29)21-34(51)33-18-28(22-50(33)41(52)31(44(4,5)6)19-36-46-32(23-61-36)42(53)54)59-40-38-37(30-10-8-9-11-35(30)60-38)47-39(48-40)25-12-14-27(15-13-25)58-24(2)3/h7-15,23-24,26,28-29,31,33H,1,16-22H2,2-6H3,(H,49,55)(H,53,54)/t26-,28-,31-,33+,45-/m1/s1. The molecule has 3 aliphatic rings. The molecule has 2 aliphatic carbocycles. The van der Waals surface area contributed by atoms with E-state index in [0.29, 0.717) is 46.1 Å². The molecular formula is C45H49N5O10S2. The molecule has 1 aliphatic heterocycles. The van der Waals surface area contributed by atoms with Crippen LogP contribution in [0.25, 0.3) is 33.5 Å². The maximum atomic E-state index is 15.0. The minimum Gasteiger partial charge on any atom is -0.491 e. The Labute approximate surface area is 363 Å². The summed E-state index contributed by atoms with van der Waals surface area (Å²) < 4.78 is 46.8. The molecule has 17 heteroatoms. The van der Waals surface area contributed by atoms with Crippen LogP contribution in [0, 0.1) is 22.7 Å². The van der Waals surface area contributed by atoms with Crippen LogP contribution in [0.3, 0.4) is 0 Å². The fraction of sp³-hybridized carbons (Fsp3) is 0.444. The number of carboxylic acid groups (broad SMARTS) is 1. The van der Waals surface area contributed by atoms with Crippen LogP contribution in [0.1, 0.15) is 82.2 Å². The smallest absolute Gasteiger partial charge is 0.355 e. The number of para-hydroxylation sites is 1. The molecule has 0 bridgehead atoms. The Bertz CT molecular complexity index is 2700. The van der Waals surface area contributed by atoms with Crippen LogP contribution in [-0.4, -0.2) is 87.0 Å². The number of benzene rings is 2. The Hall–Kier alpha value is -5.68. The summed E-state index contributed by atoms with van der Waals surface area (Å²) in [5.74, 6) is -2.78. The van der Waals surface area contributed by atoms with Crippen LogP contribution in [0.2, 0.25) is 0 Å².